The molecule has 25 heavy (non-hydrogen) atoms. The quantitative estimate of drug-likeness (QED) is 0.629. The minimum absolute atomic E-state index is 0. The molecule has 5 nitrogen and oxygen atoms in total. The van der Waals surface area contributed by atoms with Crippen molar-refractivity contribution < 1.29 is 14.6 Å². The normalized spacial score (nSPS) is 32.5. The second kappa shape index (κ2) is 6.05. The number of ether oxygens (including phenoxy) is 2. The Balaban J connectivity index is 0.00000182. The van der Waals surface area contributed by atoms with Gasteiger partial charge in [0.25, 0.3) is 0 Å². The van der Waals surface area contributed by atoms with Crippen molar-refractivity contribution >= 4 is 0 Å². The van der Waals surface area contributed by atoms with Crippen LogP contribution in [0.1, 0.15) is 43.1 Å². The van der Waals surface area contributed by atoms with Gasteiger partial charge in [0, 0.05) is 18.5 Å². The first-order chi connectivity index (χ1) is 11.5. The Morgan fingerprint density at radius 1 is 1.48 bits per heavy atom. The fourth-order valence-corrected chi connectivity index (χ4v) is 4.52. The summed E-state index contributed by atoms with van der Waals surface area (Å²) in [6.45, 7) is 10.6. The van der Waals surface area contributed by atoms with Crippen molar-refractivity contribution in [1.29, 1.82) is 0 Å². The molecule has 0 saturated carbocycles. The molecular formula is C20H26N2O3. The number of aryl methyl sites for hydroxylation is 1. The lowest BCUT2D eigenvalue weighted by Gasteiger charge is -2.35. The fraction of sp³-hybridized carbons (Fsp3) is 0.550. The lowest BCUT2D eigenvalue weighted by atomic mass is 9.68. The van der Waals surface area contributed by atoms with Crippen molar-refractivity contribution in [3.8, 4) is 11.5 Å². The first kappa shape index (κ1) is 17.8. The molecule has 2 heterocycles. The van der Waals surface area contributed by atoms with Crippen molar-refractivity contribution in [2.75, 3.05) is 20.7 Å². The average molecular weight is 342 g/mol. The summed E-state index contributed by atoms with van der Waals surface area (Å²) in [6, 6.07) is 1.97. The SMILES string of the molecule is C.[C-]#[N+]C1c2c(C)cc(OC)c3c2C2(C=C[C@H](O)CC2O3)CCN1C. The standard InChI is InChI=1S/C19H22N2O3.CH4/c1-11-9-13(23-4)17-16-15(11)18(20-2)21(3)8-7-19(16)6-5-12(22)10-14(19)24-17;/h5-6,9,12,14,18,22H,7-8,10H2,1,3-4H3;1H4/t12-,14?,18?,19?;/m0./s1. The molecular weight excluding hydrogens is 316 g/mol. The maximum atomic E-state index is 10.1. The van der Waals surface area contributed by atoms with E-state index in [1.165, 1.54) is 0 Å². The van der Waals surface area contributed by atoms with E-state index < -0.39 is 6.10 Å². The second-order valence-electron chi connectivity index (χ2n) is 7.06. The molecule has 0 amide bonds. The largest absolute Gasteiger partial charge is 0.493 e. The molecule has 3 unspecified atom stereocenters. The topological polar surface area (TPSA) is 46.3 Å². The summed E-state index contributed by atoms with van der Waals surface area (Å²) in [6.07, 6.45) is 4.52. The van der Waals surface area contributed by atoms with Gasteiger partial charge in [-0.3, -0.25) is 4.85 Å². The summed E-state index contributed by atoms with van der Waals surface area (Å²) in [4.78, 5) is 6.02. The third-order valence-corrected chi connectivity index (χ3v) is 5.76. The molecule has 134 valence electrons. The molecule has 5 heteroatoms. The number of rotatable bonds is 1. The van der Waals surface area contributed by atoms with Crippen LogP contribution in [0, 0.1) is 13.5 Å². The van der Waals surface area contributed by atoms with Crippen LogP contribution in [0.5, 0.6) is 11.5 Å². The Morgan fingerprint density at radius 2 is 2.24 bits per heavy atom. The van der Waals surface area contributed by atoms with Gasteiger partial charge in [-0.1, -0.05) is 19.6 Å². The van der Waals surface area contributed by atoms with E-state index in [-0.39, 0.29) is 25.1 Å². The van der Waals surface area contributed by atoms with Crippen LogP contribution in [0.25, 0.3) is 4.85 Å². The number of benzene rings is 1. The summed E-state index contributed by atoms with van der Waals surface area (Å²) in [5.74, 6) is 1.47. The molecule has 1 aromatic carbocycles. The Kier molecular flexibility index (Phi) is 4.30. The number of aliphatic hydroxyl groups excluding tert-OH is 1. The third kappa shape index (κ3) is 2.28. The highest BCUT2D eigenvalue weighted by Crippen LogP contribution is 2.58. The van der Waals surface area contributed by atoms with Gasteiger partial charge in [0.05, 0.1) is 24.2 Å². The fourth-order valence-electron chi connectivity index (χ4n) is 4.52. The Morgan fingerprint density at radius 3 is 2.92 bits per heavy atom. The van der Waals surface area contributed by atoms with Crippen LogP contribution in [0.2, 0.25) is 0 Å². The molecule has 1 spiro atoms. The zero-order chi connectivity index (χ0) is 17.1. The molecule has 3 aliphatic rings. The van der Waals surface area contributed by atoms with Gasteiger partial charge in [-0.2, -0.15) is 0 Å². The number of hydrogen-bond acceptors (Lipinski definition) is 4. The van der Waals surface area contributed by atoms with Crippen LogP contribution in [0.4, 0.5) is 0 Å². The monoisotopic (exact) mass is 342 g/mol. The van der Waals surface area contributed by atoms with Gasteiger partial charge < -0.3 is 14.6 Å². The van der Waals surface area contributed by atoms with Crippen LogP contribution in [0.3, 0.4) is 0 Å². The van der Waals surface area contributed by atoms with Crippen molar-refractivity contribution in [3.63, 3.8) is 0 Å². The van der Waals surface area contributed by atoms with Crippen molar-refractivity contribution in [3.05, 3.63) is 46.3 Å². The molecule has 0 saturated heterocycles. The van der Waals surface area contributed by atoms with Crippen molar-refractivity contribution in [2.24, 2.45) is 0 Å². The van der Waals surface area contributed by atoms with E-state index in [4.69, 9.17) is 16.0 Å². The molecule has 1 N–H and O–H groups in total. The lowest BCUT2D eigenvalue weighted by Crippen LogP contribution is -2.42. The summed E-state index contributed by atoms with van der Waals surface area (Å²) in [5, 5.41) is 10.1. The van der Waals surface area contributed by atoms with Crippen molar-refractivity contribution in [1.82, 2.24) is 4.90 Å². The second-order valence-corrected chi connectivity index (χ2v) is 7.06. The number of nitrogens with zero attached hydrogens (tertiary/aromatic N) is 2. The van der Waals surface area contributed by atoms with Crippen LogP contribution in [-0.2, 0) is 5.41 Å². The first-order valence-corrected chi connectivity index (χ1v) is 8.34. The van der Waals surface area contributed by atoms with Crippen LogP contribution in [0.15, 0.2) is 18.2 Å². The van der Waals surface area contributed by atoms with Gasteiger partial charge in [0.2, 0.25) is 0 Å². The molecule has 4 rings (SSSR count). The summed E-state index contributed by atoms with van der Waals surface area (Å²) in [5.41, 5.74) is 2.92. The maximum absolute atomic E-state index is 10.1. The average Bonchev–Trinajstić information content (AvgIpc) is 2.82. The zero-order valence-corrected chi connectivity index (χ0v) is 14.2. The minimum atomic E-state index is -0.483. The summed E-state index contributed by atoms with van der Waals surface area (Å²) >= 11 is 0. The zero-order valence-electron chi connectivity index (χ0n) is 14.2. The molecule has 4 atom stereocenters. The number of hydrogen-bond donors (Lipinski definition) is 1. The number of methoxy groups -OCH3 is 1. The highest BCUT2D eigenvalue weighted by molar-refractivity contribution is 5.64. The van der Waals surface area contributed by atoms with Gasteiger partial charge in [0.1, 0.15) is 6.10 Å². The van der Waals surface area contributed by atoms with Crippen molar-refractivity contribution in [2.45, 2.75) is 51.0 Å². The van der Waals surface area contributed by atoms with E-state index in [2.05, 4.69) is 15.8 Å². The highest BCUT2D eigenvalue weighted by atomic mass is 16.5. The summed E-state index contributed by atoms with van der Waals surface area (Å²) < 4.78 is 11.9. The Hall–Kier alpha value is -2.03. The van der Waals surface area contributed by atoms with Crippen LogP contribution in [-0.4, -0.2) is 42.9 Å². The van der Waals surface area contributed by atoms with E-state index in [1.807, 2.05) is 26.1 Å². The maximum Gasteiger partial charge on any atom is 0.305 e. The molecule has 0 radical (unpaired) electrons. The molecule has 1 aliphatic carbocycles. The van der Waals surface area contributed by atoms with Gasteiger partial charge >= 0.3 is 6.17 Å². The lowest BCUT2D eigenvalue weighted by molar-refractivity contribution is 0.0816. The molecule has 2 aliphatic heterocycles. The van der Waals surface area contributed by atoms with E-state index in [0.29, 0.717) is 6.42 Å². The van der Waals surface area contributed by atoms with Gasteiger partial charge in [0.15, 0.2) is 11.5 Å². The third-order valence-electron chi connectivity index (χ3n) is 5.76. The van der Waals surface area contributed by atoms with E-state index in [1.54, 1.807) is 7.11 Å². The smallest absolute Gasteiger partial charge is 0.305 e. The predicted octanol–water partition coefficient (Wildman–Crippen LogP) is 3.21. The molecule has 0 fully saturated rings. The van der Waals surface area contributed by atoms with Gasteiger partial charge in [-0.05, 0) is 32.0 Å². The minimum Gasteiger partial charge on any atom is -0.493 e. The predicted molar refractivity (Wildman–Crippen MR) is 96.9 cm³/mol. The van der Waals surface area contributed by atoms with E-state index in [9.17, 15) is 5.11 Å². The van der Waals surface area contributed by atoms with Gasteiger partial charge in [-0.15, -0.1) is 0 Å². The molecule has 0 aromatic heterocycles. The Bertz CT molecular complexity index is 767. The molecule has 1 aromatic rings. The first-order valence-electron chi connectivity index (χ1n) is 8.34. The van der Waals surface area contributed by atoms with E-state index >= 15 is 0 Å². The number of aliphatic hydroxyl groups is 1. The van der Waals surface area contributed by atoms with Gasteiger partial charge in [-0.25, -0.2) is 11.5 Å². The summed E-state index contributed by atoms with van der Waals surface area (Å²) in [7, 11) is 3.66. The van der Waals surface area contributed by atoms with Crippen LogP contribution >= 0.6 is 0 Å². The van der Waals surface area contributed by atoms with E-state index in [0.717, 1.165) is 41.2 Å². The van der Waals surface area contributed by atoms with Crippen LogP contribution < -0.4 is 9.47 Å². The Labute approximate surface area is 149 Å². The highest BCUT2D eigenvalue weighted by Gasteiger charge is 2.55. The molecule has 0 bridgehead atoms.